The van der Waals surface area contributed by atoms with Gasteiger partial charge in [-0.2, -0.15) is 0 Å². The molecular formula is C14H32O2P2. The maximum Gasteiger partial charge on any atom is 0.0929 e. The van der Waals surface area contributed by atoms with Gasteiger partial charge >= 0.3 is 0 Å². The van der Waals surface area contributed by atoms with Gasteiger partial charge in [0.15, 0.2) is 0 Å². The van der Waals surface area contributed by atoms with Gasteiger partial charge in [-0.3, -0.25) is 0 Å². The molecule has 0 aromatic carbocycles. The van der Waals surface area contributed by atoms with Gasteiger partial charge in [0.25, 0.3) is 0 Å². The molecule has 0 amide bonds. The van der Waals surface area contributed by atoms with E-state index in [1.54, 1.807) is 0 Å². The van der Waals surface area contributed by atoms with Gasteiger partial charge in [-0.15, -0.1) is 0 Å². The maximum atomic E-state index is 13.0. The van der Waals surface area contributed by atoms with Crippen LogP contribution >= 0.6 is 14.3 Å². The van der Waals surface area contributed by atoms with Crippen LogP contribution in [0, 0.1) is 0 Å². The van der Waals surface area contributed by atoms with Crippen LogP contribution in [0.5, 0.6) is 0 Å². The average Bonchev–Trinajstić information content (AvgIpc) is 2.23. The van der Waals surface area contributed by atoms with E-state index in [4.69, 9.17) is 0 Å². The Labute approximate surface area is 114 Å². The molecule has 110 valence electrons. The first kappa shape index (κ1) is 18.5. The number of rotatable bonds is 7. The maximum absolute atomic E-state index is 13.0. The molecule has 18 heavy (non-hydrogen) atoms. The fraction of sp³-hybridized carbons (Fsp3) is 1.00. The van der Waals surface area contributed by atoms with E-state index in [0.29, 0.717) is 12.3 Å². The summed E-state index contributed by atoms with van der Waals surface area (Å²) < 4.78 is 26.0. The zero-order chi connectivity index (χ0) is 14.7. The molecular weight excluding hydrogens is 262 g/mol. The quantitative estimate of drug-likeness (QED) is 0.593. The lowest BCUT2D eigenvalue weighted by molar-refractivity contribution is 0.554. The monoisotopic (exact) mass is 294 g/mol. The van der Waals surface area contributed by atoms with Gasteiger partial charge < -0.3 is 9.13 Å². The van der Waals surface area contributed by atoms with Crippen molar-refractivity contribution >= 4 is 14.3 Å². The van der Waals surface area contributed by atoms with Gasteiger partial charge in [-0.25, -0.2) is 0 Å². The van der Waals surface area contributed by atoms with Gasteiger partial charge in [0, 0.05) is 35.0 Å². The molecule has 0 rings (SSSR count). The van der Waals surface area contributed by atoms with Gasteiger partial charge in [0.2, 0.25) is 0 Å². The standard InChI is InChI=1S/C14H32O2P2/c1-11(2)17(15,12(3)4)9-10-18(16,13(5)6)14(7)8/h11-14H,9-10H2,1-8H3. The molecule has 0 spiro atoms. The molecule has 0 heterocycles. The Morgan fingerprint density at radius 3 is 0.833 bits per heavy atom. The minimum Gasteiger partial charge on any atom is -0.323 e. The third-order valence-corrected chi connectivity index (χ3v) is 13.5. The van der Waals surface area contributed by atoms with Crippen LogP contribution < -0.4 is 0 Å². The minimum absolute atomic E-state index is 0.199. The van der Waals surface area contributed by atoms with E-state index in [1.165, 1.54) is 0 Å². The summed E-state index contributed by atoms with van der Waals surface area (Å²) in [6.07, 6.45) is 1.30. The van der Waals surface area contributed by atoms with Gasteiger partial charge in [0.05, 0.1) is 14.3 Å². The van der Waals surface area contributed by atoms with Crippen LogP contribution in [0.3, 0.4) is 0 Å². The Morgan fingerprint density at radius 2 is 0.722 bits per heavy atom. The molecule has 0 aliphatic rings. The predicted octanol–water partition coefficient (Wildman–Crippen LogP) is 5.35. The molecule has 0 radical (unpaired) electrons. The number of hydrogen-bond donors (Lipinski definition) is 0. The summed E-state index contributed by atoms with van der Waals surface area (Å²) >= 11 is 0. The normalized spacial score (nSPS) is 14.2. The van der Waals surface area contributed by atoms with E-state index in [9.17, 15) is 9.13 Å². The second-order valence-corrected chi connectivity index (χ2v) is 15.0. The topological polar surface area (TPSA) is 34.1 Å². The molecule has 2 nitrogen and oxygen atoms in total. The summed E-state index contributed by atoms with van der Waals surface area (Å²) in [6.45, 7) is 16.3. The Kier molecular flexibility index (Phi) is 6.93. The van der Waals surface area contributed by atoms with Crippen molar-refractivity contribution in [2.75, 3.05) is 12.3 Å². The molecule has 0 atom stereocenters. The summed E-state index contributed by atoms with van der Waals surface area (Å²) in [6, 6.07) is 0. The molecule has 0 unspecified atom stereocenters. The predicted molar refractivity (Wildman–Crippen MR) is 85.5 cm³/mol. The van der Waals surface area contributed by atoms with Crippen molar-refractivity contribution in [2.45, 2.75) is 78.0 Å². The molecule has 0 saturated carbocycles. The Bertz CT molecular complexity index is 286. The van der Waals surface area contributed by atoms with E-state index >= 15 is 0 Å². The largest absolute Gasteiger partial charge is 0.323 e. The minimum atomic E-state index is -2.21. The molecule has 0 aromatic heterocycles. The summed E-state index contributed by atoms with van der Waals surface area (Å²) in [5.74, 6) is 0. The third-order valence-electron chi connectivity index (χ3n) is 4.30. The van der Waals surface area contributed by atoms with Crippen LogP contribution in [-0.2, 0) is 9.13 Å². The summed E-state index contributed by atoms with van der Waals surface area (Å²) in [5.41, 5.74) is 0.797. The molecule has 0 aliphatic heterocycles. The lowest BCUT2D eigenvalue weighted by Crippen LogP contribution is -2.18. The second-order valence-electron chi connectivity index (χ2n) is 6.53. The van der Waals surface area contributed by atoms with Crippen molar-refractivity contribution in [2.24, 2.45) is 0 Å². The van der Waals surface area contributed by atoms with Gasteiger partial charge in [0.1, 0.15) is 0 Å². The van der Waals surface area contributed by atoms with Crippen LogP contribution in [0.4, 0.5) is 0 Å². The highest BCUT2D eigenvalue weighted by atomic mass is 31.2. The van der Waals surface area contributed by atoms with E-state index in [2.05, 4.69) is 0 Å². The first-order valence-corrected chi connectivity index (χ1v) is 11.2. The second kappa shape index (κ2) is 6.76. The smallest absolute Gasteiger partial charge is 0.0929 e. The SMILES string of the molecule is CC(C)P(=O)(CCP(=O)(C(C)C)C(C)C)C(C)C. The molecule has 0 fully saturated rings. The lowest BCUT2D eigenvalue weighted by atomic mass is 10.5. The van der Waals surface area contributed by atoms with Crippen LogP contribution in [0.25, 0.3) is 0 Å². The zero-order valence-corrected chi connectivity index (χ0v) is 15.2. The van der Waals surface area contributed by atoms with Crippen molar-refractivity contribution < 1.29 is 9.13 Å². The van der Waals surface area contributed by atoms with Crippen molar-refractivity contribution in [3.63, 3.8) is 0 Å². The average molecular weight is 294 g/mol. The highest BCUT2D eigenvalue weighted by molar-refractivity contribution is 7.69. The van der Waals surface area contributed by atoms with Crippen LogP contribution in [0.1, 0.15) is 55.4 Å². The fourth-order valence-corrected chi connectivity index (χ4v) is 9.49. The first-order chi connectivity index (χ1) is 7.98. The van der Waals surface area contributed by atoms with E-state index in [1.807, 2.05) is 55.4 Å². The molecule has 4 heteroatoms. The first-order valence-electron chi connectivity index (χ1n) is 7.15. The molecule has 0 saturated heterocycles. The summed E-state index contributed by atoms with van der Waals surface area (Å²) in [4.78, 5) is 0. The Morgan fingerprint density at radius 1 is 0.556 bits per heavy atom. The van der Waals surface area contributed by atoms with E-state index in [0.717, 1.165) is 0 Å². The van der Waals surface area contributed by atoms with Crippen LogP contribution in [0.2, 0.25) is 0 Å². The molecule has 0 bridgehead atoms. The highest BCUT2D eigenvalue weighted by Gasteiger charge is 2.36. The van der Waals surface area contributed by atoms with E-state index < -0.39 is 14.3 Å². The Hall–Kier alpha value is 0.460. The highest BCUT2D eigenvalue weighted by Crippen LogP contribution is 2.61. The van der Waals surface area contributed by atoms with Crippen LogP contribution in [0.15, 0.2) is 0 Å². The lowest BCUT2D eigenvalue weighted by Gasteiger charge is -2.31. The third kappa shape index (κ3) is 3.97. The molecule has 0 aromatic rings. The Balaban J connectivity index is 5.03. The van der Waals surface area contributed by atoms with Crippen molar-refractivity contribution in [1.82, 2.24) is 0 Å². The molecule has 0 aliphatic carbocycles. The zero-order valence-electron chi connectivity index (χ0n) is 13.4. The summed E-state index contributed by atoms with van der Waals surface area (Å²) in [5, 5.41) is 0. The summed E-state index contributed by atoms with van der Waals surface area (Å²) in [7, 11) is -4.42. The van der Waals surface area contributed by atoms with Crippen molar-refractivity contribution in [1.29, 1.82) is 0 Å². The fourth-order valence-electron chi connectivity index (χ4n) is 2.54. The van der Waals surface area contributed by atoms with Gasteiger partial charge in [-0.1, -0.05) is 55.4 Å². The van der Waals surface area contributed by atoms with Crippen LogP contribution in [-0.4, -0.2) is 35.0 Å². The molecule has 0 N–H and O–H groups in total. The van der Waals surface area contributed by atoms with E-state index in [-0.39, 0.29) is 22.6 Å². The van der Waals surface area contributed by atoms with Gasteiger partial charge in [-0.05, 0) is 0 Å². The van der Waals surface area contributed by atoms with Crippen molar-refractivity contribution in [3.8, 4) is 0 Å². The van der Waals surface area contributed by atoms with Crippen molar-refractivity contribution in [3.05, 3.63) is 0 Å². The number of hydrogen-bond acceptors (Lipinski definition) is 2.